The minimum atomic E-state index is -0.0725. The lowest BCUT2D eigenvalue weighted by atomic mass is 9.48. The van der Waals surface area contributed by atoms with E-state index in [9.17, 15) is 4.79 Å². The van der Waals surface area contributed by atoms with Gasteiger partial charge in [-0.05, 0) is 25.5 Å². The van der Waals surface area contributed by atoms with Crippen LogP contribution in [0.4, 0.5) is 0 Å². The second-order valence-electron chi connectivity index (χ2n) is 7.35. The molecular formula is C17H26N2O. The molecule has 0 aliphatic heterocycles. The summed E-state index contributed by atoms with van der Waals surface area (Å²) in [5.74, 6) is 0.00394. The van der Waals surface area contributed by atoms with E-state index in [0.717, 1.165) is 16.7 Å². The van der Waals surface area contributed by atoms with Crippen molar-refractivity contribution in [2.45, 2.75) is 53.6 Å². The molecule has 20 heavy (non-hydrogen) atoms. The summed E-state index contributed by atoms with van der Waals surface area (Å²) in [6.45, 7) is 12.5. The number of hydrogen-bond acceptors (Lipinski definition) is 2. The van der Waals surface area contributed by atoms with Crippen molar-refractivity contribution in [3.8, 4) is 0 Å². The van der Waals surface area contributed by atoms with Gasteiger partial charge < -0.3 is 11.1 Å². The summed E-state index contributed by atoms with van der Waals surface area (Å²) in [7, 11) is 0. The van der Waals surface area contributed by atoms with E-state index in [1.807, 2.05) is 32.0 Å². The van der Waals surface area contributed by atoms with Gasteiger partial charge in [-0.1, -0.05) is 45.4 Å². The third kappa shape index (κ3) is 2.14. The first-order chi connectivity index (χ1) is 9.08. The Balaban J connectivity index is 2.22. The van der Waals surface area contributed by atoms with Crippen molar-refractivity contribution in [1.29, 1.82) is 0 Å². The predicted molar refractivity (Wildman–Crippen MR) is 82.7 cm³/mol. The molecule has 1 fully saturated rings. The zero-order valence-electron chi connectivity index (χ0n) is 13.4. The zero-order valence-corrected chi connectivity index (χ0v) is 13.4. The van der Waals surface area contributed by atoms with Crippen molar-refractivity contribution in [3.63, 3.8) is 0 Å². The summed E-state index contributed by atoms with van der Waals surface area (Å²) >= 11 is 0. The topological polar surface area (TPSA) is 55.1 Å². The van der Waals surface area contributed by atoms with Crippen molar-refractivity contribution in [1.82, 2.24) is 5.32 Å². The molecular weight excluding hydrogens is 248 g/mol. The minimum Gasteiger partial charge on any atom is -0.348 e. The molecule has 1 aromatic carbocycles. The molecule has 0 radical (unpaired) electrons. The third-order valence-electron chi connectivity index (χ3n) is 5.00. The Morgan fingerprint density at radius 3 is 2.25 bits per heavy atom. The van der Waals surface area contributed by atoms with Crippen LogP contribution in [0.1, 0.15) is 49.2 Å². The number of nitrogens with two attached hydrogens (primary N) is 1. The molecule has 0 unspecified atom stereocenters. The molecule has 1 aromatic rings. The van der Waals surface area contributed by atoms with Crippen LogP contribution in [0.2, 0.25) is 0 Å². The van der Waals surface area contributed by atoms with Crippen LogP contribution in [0.15, 0.2) is 18.2 Å². The first-order valence-electron chi connectivity index (χ1n) is 7.22. The Hall–Kier alpha value is -1.35. The van der Waals surface area contributed by atoms with Gasteiger partial charge in [0.25, 0.3) is 5.91 Å². The molecule has 3 N–H and O–H groups in total. The van der Waals surface area contributed by atoms with Crippen molar-refractivity contribution in [3.05, 3.63) is 34.9 Å². The lowest BCUT2D eigenvalue weighted by Crippen LogP contribution is -2.76. The molecule has 3 heteroatoms. The summed E-state index contributed by atoms with van der Waals surface area (Å²) in [4.78, 5) is 12.6. The summed E-state index contributed by atoms with van der Waals surface area (Å²) in [6.07, 6.45) is 0. The van der Waals surface area contributed by atoms with Crippen LogP contribution >= 0.6 is 0 Å². The Labute approximate surface area is 121 Å². The van der Waals surface area contributed by atoms with Crippen LogP contribution in [0, 0.1) is 24.7 Å². The van der Waals surface area contributed by atoms with Crippen molar-refractivity contribution in [2.24, 2.45) is 16.6 Å². The van der Waals surface area contributed by atoms with Crippen LogP contribution < -0.4 is 11.1 Å². The molecule has 0 aromatic heterocycles. The Kier molecular flexibility index (Phi) is 3.45. The maximum Gasteiger partial charge on any atom is 0.251 e. The van der Waals surface area contributed by atoms with Gasteiger partial charge in [0.15, 0.2) is 0 Å². The molecule has 1 aliphatic carbocycles. The van der Waals surface area contributed by atoms with E-state index in [-0.39, 0.29) is 28.8 Å². The van der Waals surface area contributed by atoms with E-state index in [1.54, 1.807) is 0 Å². The summed E-state index contributed by atoms with van der Waals surface area (Å²) in [5, 5.41) is 3.19. The molecule has 2 rings (SSSR count). The maximum atomic E-state index is 12.6. The number of rotatable bonds is 2. The lowest BCUT2D eigenvalue weighted by molar-refractivity contribution is -0.0663. The van der Waals surface area contributed by atoms with Gasteiger partial charge in [0.1, 0.15) is 0 Å². The van der Waals surface area contributed by atoms with Crippen molar-refractivity contribution >= 4 is 5.91 Å². The number of carbonyl (C=O) groups excluding carboxylic acids is 1. The molecule has 3 nitrogen and oxygen atoms in total. The number of carbonyl (C=O) groups is 1. The van der Waals surface area contributed by atoms with Gasteiger partial charge in [-0.15, -0.1) is 0 Å². The van der Waals surface area contributed by atoms with Gasteiger partial charge in [0.2, 0.25) is 0 Å². The molecule has 0 spiro atoms. The van der Waals surface area contributed by atoms with E-state index >= 15 is 0 Å². The molecule has 1 saturated carbocycles. The van der Waals surface area contributed by atoms with E-state index in [1.165, 1.54) is 0 Å². The first-order valence-corrected chi connectivity index (χ1v) is 7.22. The van der Waals surface area contributed by atoms with E-state index in [4.69, 9.17) is 5.73 Å². The molecule has 0 bridgehead atoms. The quantitative estimate of drug-likeness (QED) is 0.871. The molecule has 1 aliphatic rings. The van der Waals surface area contributed by atoms with Gasteiger partial charge >= 0.3 is 0 Å². The van der Waals surface area contributed by atoms with Crippen molar-refractivity contribution < 1.29 is 4.79 Å². The fourth-order valence-corrected chi connectivity index (χ4v) is 3.74. The van der Waals surface area contributed by atoms with Gasteiger partial charge in [-0.25, -0.2) is 0 Å². The monoisotopic (exact) mass is 274 g/mol. The number of hydrogen-bond donors (Lipinski definition) is 2. The van der Waals surface area contributed by atoms with Crippen LogP contribution in [-0.2, 0) is 0 Å². The van der Waals surface area contributed by atoms with Gasteiger partial charge in [0.05, 0.1) is 0 Å². The minimum absolute atomic E-state index is 0.00394. The number of amides is 1. The van der Waals surface area contributed by atoms with E-state index in [2.05, 4.69) is 33.0 Å². The van der Waals surface area contributed by atoms with Crippen LogP contribution in [-0.4, -0.2) is 18.0 Å². The second-order valence-corrected chi connectivity index (χ2v) is 7.35. The van der Waals surface area contributed by atoms with E-state index in [0.29, 0.717) is 0 Å². The highest BCUT2D eigenvalue weighted by Gasteiger charge is 2.60. The molecule has 110 valence electrons. The predicted octanol–water partition coefficient (Wildman–Crippen LogP) is 2.80. The third-order valence-corrected chi connectivity index (χ3v) is 5.00. The summed E-state index contributed by atoms with van der Waals surface area (Å²) in [6, 6.07) is 6.16. The first kappa shape index (κ1) is 15.0. The number of nitrogens with one attached hydrogen (secondary N) is 1. The SMILES string of the molecule is Cc1ccc(C)c(C(=O)NC2C(C)(C)C(N)C2(C)C)c1. The molecule has 0 heterocycles. The normalized spacial score (nSPS) is 26.8. The van der Waals surface area contributed by atoms with Crippen molar-refractivity contribution in [2.75, 3.05) is 0 Å². The van der Waals surface area contributed by atoms with Crippen LogP contribution in [0.5, 0.6) is 0 Å². The van der Waals surface area contributed by atoms with Gasteiger partial charge in [-0.3, -0.25) is 4.79 Å². The highest BCUT2D eigenvalue weighted by Crippen LogP contribution is 2.52. The molecule has 0 atom stereocenters. The smallest absolute Gasteiger partial charge is 0.251 e. The number of aryl methyl sites for hydroxylation is 2. The largest absolute Gasteiger partial charge is 0.348 e. The van der Waals surface area contributed by atoms with Crippen LogP contribution in [0.25, 0.3) is 0 Å². The average molecular weight is 274 g/mol. The molecule has 1 amide bonds. The summed E-state index contributed by atoms with van der Waals surface area (Å²) < 4.78 is 0. The average Bonchev–Trinajstić information content (AvgIpc) is 2.37. The Morgan fingerprint density at radius 1 is 1.15 bits per heavy atom. The van der Waals surface area contributed by atoms with Crippen LogP contribution in [0.3, 0.4) is 0 Å². The Bertz CT molecular complexity index is 530. The standard InChI is InChI=1S/C17H26N2O/c1-10-7-8-11(2)12(9-10)13(20)19-15-16(3,4)14(18)17(15,5)6/h7-9,14-15H,18H2,1-6H3,(H,19,20). The van der Waals surface area contributed by atoms with Gasteiger partial charge in [-0.2, -0.15) is 0 Å². The summed E-state index contributed by atoms with van der Waals surface area (Å²) in [5.41, 5.74) is 8.97. The zero-order chi connectivity index (χ0) is 15.3. The number of benzene rings is 1. The maximum absolute atomic E-state index is 12.6. The Morgan fingerprint density at radius 2 is 1.70 bits per heavy atom. The fourth-order valence-electron chi connectivity index (χ4n) is 3.74. The van der Waals surface area contributed by atoms with E-state index < -0.39 is 0 Å². The second kappa shape index (κ2) is 4.59. The highest BCUT2D eigenvalue weighted by atomic mass is 16.1. The fraction of sp³-hybridized carbons (Fsp3) is 0.588. The highest BCUT2D eigenvalue weighted by molar-refractivity contribution is 5.96. The molecule has 0 saturated heterocycles. The van der Waals surface area contributed by atoms with Gasteiger partial charge in [0, 0.05) is 28.5 Å². The lowest BCUT2D eigenvalue weighted by Gasteiger charge is -2.62.